The van der Waals surface area contributed by atoms with Crippen LogP contribution in [0, 0.1) is 12.7 Å². The van der Waals surface area contributed by atoms with Crippen molar-refractivity contribution in [1.82, 2.24) is 25.5 Å². The molecule has 1 heterocycles. The van der Waals surface area contributed by atoms with Crippen molar-refractivity contribution in [2.24, 2.45) is 0 Å². The van der Waals surface area contributed by atoms with Gasteiger partial charge < -0.3 is 5.32 Å². The Labute approximate surface area is 163 Å². The topological polar surface area (TPSA) is 72.7 Å². The van der Waals surface area contributed by atoms with Crippen molar-refractivity contribution >= 4 is 5.91 Å². The summed E-state index contributed by atoms with van der Waals surface area (Å²) >= 11 is 0. The highest BCUT2D eigenvalue weighted by Gasteiger charge is 2.48. The molecule has 0 saturated heterocycles. The summed E-state index contributed by atoms with van der Waals surface area (Å²) < 4.78 is 54.1. The highest BCUT2D eigenvalue weighted by molar-refractivity contribution is 5.96. The molecule has 3 rings (SSSR count). The Morgan fingerprint density at radius 2 is 1.69 bits per heavy atom. The maximum absolute atomic E-state index is 13.3. The van der Waals surface area contributed by atoms with E-state index in [-0.39, 0.29) is 5.56 Å². The third-order valence-electron chi connectivity index (χ3n) is 4.36. The lowest BCUT2D eigenvalue weighted by molar-refractivity contribution is -0.182. The quantitative estimate of drug-likeness (QED) is 0.667. The maximum atomic E-state index is 13.3. The normalized spacial score (nSPS) is 12.1. The summed E-state index contributed by atoms with van der Waals surface area (Å²) in [5.41, 5.74) is -1.00. The third-order valence-corrected chi connectivity index (χ3v) is 4.36. The van der Waals surface area contributed by atoms with E-state index in [1.807, 2.05) is 5.32 Å². The fourth-order valence-electron chi connectivity index (χ4n) is 2.57. The summed E-state index contributed by atoms with van der Waals surface area (Å²) in [6.45, 7) is 3.39. The largest absolute Gasteiger partial charge is 0.410 e. The average Bonchev–Trinajstić information content (AvgIpc) is 3.06. The van der Waals surface area contributed by atoms with E-state index in [2.05, 4.69) is 15.5 Å². The molecule has 2 aromatic carbocycles. The number of hydrogen-bond acceptors (Lipinski definition) is 4. The van der Waals surface area contributed by atoms with Crippen LogP contribution < -0.4 is 5.32 Å². The molecule has 1 amide bonds. The van der Waals surface area contributed by atoms with Crippen LogP contribution in [0.1, 0.15) is 30.0 Å². The van der Waals surface area contributed by atoms with E-state index in [4.69, 9.17) is 0 Å². The summed E-state index contributed by atoms with van der Waals surface area (Å²) in [7, 11) is 0. The molecule has 6 nitrogen and oxygen atoms in total. The number of nitrogens with one attached hydrogen (secondary N) is 1. The van der Waals surface area contributed by atoms with Crippen LogP contribution in [0.5, 0.6) is 0 Å². The molecular formula is C19H17F4N5O. The molecule has 0 fully saturated rings. The van der Waals surface area contributed by atoms with E-state index >= 15 is 0 Å². The van der Waals surface area contributed by atoms with E-state index in [9.17, 15) is 22.4 Å². The molecule has 0 aliphatic carbocycles. The first-order valence-electron chi connectivity index (χ1n) is 8.53. The highest BCUT2D eigenvalue weighted by Crippen LogP contribution is 2.30. The zero-order valence-corrected chi connectivity index (χ0v) is 15.8. The Kier molecular flexibility index (Phi) is 5.12. The molecule has 3 aromatic rings. The lowest BCUT2D eigenvalue weighted by Gasteiger charge is -2.29. The van der Waals surface area contributed by atoms with Gasteiger partial charge in [0.2, 0.25) is 0 Å². The van der Waals surface area contributed by atoms with Gasteiger partial charge in [0.15, 0.2) is 5.82 Å². The second kappa shape index (κ2) is 7.26. The van der Waals surface area contributed by atoms with Gasteiger partial charge in [-0.2, -0.15) is 17.9 Å². The van der Waals surface area contributed by atoms with E-state index in [1.54, 1.807) is 13.0 Å². The fraction of sp³-hybridized carbons (Fsp3) is 0.263. The zero-order chi connectivity index (χ0) is 21.4. The molecule has 0 aliphatic rings. The summed E-state index contributed by atoms with van der Waals surface area (Å²) in [5, 5.41) is 13.2. The summed E-state index contributed by atoms with van der Waals surface area (Å²) in [6, 6.07) is 9.97. The van der Waals surface area contributed by atoms with Gasteiger partial charge in [0, 0.05) is 5.56 Å². The molecule has 152 valence electrons. The van der Waals surface area contributed by atoms with Gasteiger partial charge in [-0.25, -0.2) is 4.39 Å². The van der Waals surface area contributed by atoms with Crippen LogP contribution in [-0.4, -0.2) is 37.8 Å². The number of amides is 1. The minimum absolute atomic E-state index is 0.0194. The predicted molar refractivity (Wildman–Crippen MR) is 96.9 cm³/mol. The Hall–Kier alpha value is -3.30. The standard InChI is InChI=1S/C19H17F4N5O/c1-11-25-26-27-28(11)16-9-13(12-4-6-15(20)7-5-12)8-14(10-16)17(29)24-18(2,3)19(21,22)23/h4-10H,1-3H3,(H,24,29). The molecule has 0 atom stereocenters. The van der Waals surface area contributed by atoms with Crippen LogP contribution in [0.4, 0.5) is 17.6 Å². The number of alkyl halides is 3. The number of tetrazole rings is 1. The Morgan fingerprint density at radius 3 is 2.24 bits per heavy atom. The van der Waals surface area contributed by atoms with Crippen molar-refractivity contribution in [3.63, 3.8) is 0 Å². The van der Waals surface area contributed by atoms with Crippen LogP contribution >= 0.6 is 0 Å². The van der Waals surface area contributed by atoms with E-state index < -0.39 is 23.4 Å². The van der Waals surface area contributed by atoms with Crippen LogP contribution in [0.3, 0.4) is 0 Å². The van der Waals surface area contributed by atoms with Gasteiger partial charge in [0.1, 0.15) is 11.4 Å². The first-order valence-corrected chi connectivity index (χ1v) is 8.53. The molecule has 0 radical (unpaired) electrons. The van der Waals surface area contributed by atoms with Crippen molar-refractivity contribution in [1.29, 1.82) is 0 Å². The van der Waals surface area contributed by atoms with Crippen LogP contribution in [0.25, 0.3) is 16.8 Å². The number of rotatable bonds is 4. The van der Waals surface area contributed by atoms with Crippen LogP contribution in [-0.2, 0) is 0 Å². The SMILES string of the molecule is Cc1nnnn1-c1cc(C(=O)NC(C)(C)C(F)(F)F)cc(-c2ccc(F)cc2)c1. The number of aryl methyl sites for hydroxylation is 1. The van der Waals surface area contributed by atoms with E-state index in [1.165, 1.54) is 41.1 Å². The maximum Gasteiger partial charge on any atom is 0.410 e. The summed E-state index contributed by atoms with van der Waals surface area (Å²) in [5.74, 6) is -0.933. The zero-order valence-electron chi connectivity index (χ0n) is 15.8. The van der Waals surface area contributed by atoms with Crippen molar-refractivity contribution in [2.75, 3.05) is 0 Å². The lowest BCUT2D eigenvalue weighted by Crippen LogP contribution is -2.54. The average molecular weight is 407 g/mol. The van der Waals surface area contributed by atoms with Crippen molar-refractivity contribution in [3.8, 4) is 16.8 Å². The molecule has 0 aliphatic heterocycles. The van der Waals surface area contributed by atoms with Crippen molar-refractivity contribution < 1.29 is 22.4 Å². The van der Waals surface area contributed by atoms with Gasteiger partial charge in [-0.1, -0.05) is 12.1 Å². The number of halogens is 4. The second-order valence-electron chi connectivity index (χ2n) is 6.99. The number of benzene rings is 2. The van der Waals surface area contributed by atoms with Gasteiger partial charge in [0.25, 0.3) is 5.91 Å². The van der Waals surface area contributed by atoms with Gasteiger partial charge in [-0.05, 0) is 72.7 Å². The molecule has 1 N–H and O–H groups in total. The number of carbonyl (C=O) groups excluding carboxylic acids is 1. The minimum atomic E-state index is -4.63. The molecule has 0 unspecified atom stereocenters. The summed E-state index contributed by atoms with van der Waals surface area (Å²) in [4.78, 5) is 12.6. The van der Waals surface area contributed by atoms with Crippen LogP contribution in [0.15, 0.2) is 42.5 Å². The molecule has 1 aromatic heterocycles. The Balaban J connectivity index is 2.09. The van der Waals surface area contributed by atoms with E-state index in [0.717, 1.165) is 13.8 Å². The lowest BCUT2D eigenvalue weighted by atomic mass is 10.00. The predicted octanol–water partition coefficient (Wildman–Crippen LogP) is 3.85. The van der Waals surface area contributed by atoms with Gasteiger partial charge in [0.05, 0.1) is 5.69 Å². The second-order valence-corrected chi connectivity index (χ2v) is 6.99. The van der Waals surface area contributed by atoms with E-state index in [0.29, 0.717) is 22.6 Å². The monoisotopic (exact) mass is 407 g/mol. The van der Waals surface area contributed by atoms with Gasteiger partial charge >= 0.3 is 6.18 Å². The van der Waals surface area contributed by atoms with Gasteiger partial charge in [-0.3, -0.25) is 4.79 Å². The number of hydrogen-bond donors (Lipinski definition) is 1. The Bertz CT molecular complexity index is 1040. The molecular weight excluding hydrogens is 390 g/mol. The number of aromatic nitrogens is 4. The van der Waals surface area contributed by atoms with Gasteiger partial charge in [-0.15, -0.1) is 5.10 Å². The molecule has 0 spiro atoms. The number of nitrogens with zero attached hydrogens (tertiary/aromatic N) is 4. The first-order chi connectivity index (χ1) is 13.5. The molecule has 0 bridgehead atoms. The molecule has 10 heteroatoms. The van der Waals surface area contributed by atoms with Crippen molar-refractivity contribution in [2.45, 2.75) is 32.5 Å². The summed E-state index contributed by atoms with van der Waals surface area (Å²) in [6.07, 6.45) is -4.63. The minimum Gasteiger partial charge on any atom is -0.338 e. The van der Waals surface area contributed by atoms with Crippen molar-refractivity contribution in [3.05, 3.63) is 59.7 Å². The first kappa shape index (κ1) is 20.4. The molecule has 29 heavy (non-hydrogen) atoms. The third kappa shape index (κ3) is 4.25. The highest BCUT2D eigenvalue weighted by atomic mass is 19.4. The molecule has 0 saturated carbocycles. The van der Waals surface area contributed by atoms with Crippen LogP contribution in [0.2, 0.25) is 0 Å². The Morgan fingerprint density at radius 1 is 1.03 bits per heavy atom. The number of carbonyl (C=O) groups is 1. The fourth-order valence-corrected chi connectivity index (χ4v) is 2.57. The smallest absolute Gasteiger partial charge is 0.338 e.